The van der Waals surface area contributed by atoms with Crippen molar-refractivity contribution in [3.05, 3.63) is 88.7 Å². The van der Waals surface area contributed by atoms with Crippen molar-refractivity contribution in [3.63, 3.8) is 0 Å². The summed E-state index contributed by atoms with van der Waals surface area (Å²) in [4.78, 5) is 17.5. The van der Waals surface area contributed by atoms with Gasteiger partial charge in [0.1, 0.15) is 0 Å². The molecule has 0 bridgehead atoms. The van der Waals surface area contributed by atoms with E-state index in [4.69, 9.17) is 0 Å². The van der Waals surface area contributed by atoms with Crippen molar-refractivity contribution in [2.24, 2.45) is 0 Å². The SMILES string of the molecule is Cc1cccc2c(=O)c3cc(-c4ccccc4)cnc3ccc12. The maximum Gasteiger partial charge on any atom is 0.195 e. The normalized spacial score (nSPS) is 11.0. The van der Waals surface area contributed by atoms with Gasteiger partial charge in [-0.2, -0.15) is 0 Å². The first-order chi connectivity index (χ1) is 11.2. The van der Waals surface area contributed by atoms with Crippen LogP contribution < -0.4 is 5.43 Å². The molecule has 4 rings (SSSR count). The molecule has 0 radical (unpaired) electrons. The second-order valence-electron chi connectivity index (χ2n) is 5.72. The van der Waals surface area contributed by atoms with Gasteiger partial charge in [-0.1, -0.05) is 54.6 Å². The number of nitrogens with zero attached hydrogens (tertiary/aromatic N) is 1. The molecule has 0 N–H and O–H groups in total. The van der Waals surface area contributed by atoms with Gasteiger partial charge in [0, 0.05) is 22.5 Å². The number of aromatic nitrogens is 1. The van der Waals surface area contributed by atoms with E-state index in [-0.39, 0.29) is 5.43 Å². The van der Waals surface area contributed by atoms with Crippen LogP contribution in [0.15, 0.2) is 77.7 Å². The van der Waals surface area contributed by atoms with Gasteiger partial charge < -0.3 is 0 Å². The number of fused-ring (bicyclic) bond motifs is 2. The van der Waals surface area contributed by atoms with Gasteiger partial charge in [0.2, 0.25) is 0 Å². The van der Waals surface area contributed by atoms with E-state index in [1.54, 1.807) is 0 Å². The summed E-state index contributed by atoms with van der Waals surface area (Å²) < 4.78 is 0. The zero-order chi connectivity index (χ0) is 15.8. The lowest BCUT2D eigenvalue weighted by Gasteiger charge is -2.01. The molecule has 0 aliphatic rings. The Balaban J connectivity index is 2.11. The summed E-state index contributed by atoms with van der Waals surface area (Å²) in [6.45, 7) is 2.02. The lowest BCUT2D eigenvalue weighted by molar-refractivity contribution is 1.41. The van der Waals surface area contributed by atoms with Crippen molar-refractivity contribution in [3.8, 4) is 11.1 Å². The van der Waals surface area contributed by atoms with Crippen LogP contribution >= 0.6 is 0 Å². The first kappa shape index (κ1) is 13.6. The van der Waals surface area contributed by atoms with Gasteiger partial charge >= 0.3 is 0 Å². The zero-order valence-electron chi connectivity index (χ0n) is 12.8. The van der Waals surface area contributed by atoms with Crippen molar-refractivity contribution < 1.29 is 0 Å². The van der Waals surface area contributed by atoms with Gasteiger partial charge in [0.15, 0.2) is 5.43 Å². The van der Waals surface area contributed by atoms with E-state index in [1.807, 2.05) is 79.9 Å². The third kappa shape index (κ3) is 2.29. The van der Waals surface area contributed by atoms with Gasteiger partial charge in [0.05, 0.1) is 5.52 Å². The van der Waals surface area contributed by atoms with Gasteiger partial charge in [-0.15, -0.1) is 0 Å². The van der Waals surface area contributed by atoms with Gasteiger partial charge in [0.25, 0.3) is 0 Å². The number of hydrogen-bond donors (Lipinski definition) is 0. The zero-order valence-corrected chi connectivity index (χ0v) is 12.8. The summed E-state index contributed by atoms with van der Waals surface area (Å²) in [6.07, 6.45) is 1.83. The summed E-state index contributed by atoms with van der Waals surface area (Å²) in [5, 5.41) is 2.38. The monoisotopic (exact) mass is 297 g/mol. The molecular weight excluding hydrogens is 282 g/mol. The average Bonchev–Trinajstić information content (AvgIpc) is 2.74. The Morgan fingerprint density at radius 2 is 1.57 bits per heavy atom. The maximum atomic E-state index is 13.0. The highest BCUT2D eigenvalue weighted by Gasteiger charge is 2.06. The third-order valence-corrected chi connectivity index (χ3v) is 4.25. The average molecular weight is 297 g/mol. The van der Waals surface area contributed by atoms with Crippen molar-refractivity contribution >= 4 is 21.7 Å². The number of pyridine rings is 1. The smallest absolute Gasteiger partial charge is 0.195 e. The lowest BCUT2D eigenvalue weighted by Crippen LogP contribution is -1.99. The van der Waals surface area contributed by atoms with Crippen LogP contribution in [0.25, 0.3) is 32.8 Å². The molecule has 3 aromatic carbocycles. The molecule has 0 aliphatic heterocycles. The minimum absolute atomic E-state index is 0.0361. The Labute approximate surface area is 134 Å². The topological polar surface area (TPSA) is 30.0 Å². The molecule has 0 saturated heterocycles. The molecule has 110 valence electrons. The van der Waals surface area contributed by atoms with Crippen LogP contribution in [-0.2, 0) is 0 Å². The number of rotatable bonds is 1. The molecule has 0 amide bonds. The van der Waals surface area contributed by atoms with Crippen LogP contribution in [0.4, 0.5) is 0 Å². The summed E-state index contributed by atoms with van der Waals surface area (Å²) in [6, 6.07) is 21.7. The molecule has 2 heteroatoms. The molecule has 0 unspecified atom stereocenters. The van der Waals surface area contributed by atoms with E-state index in [1.165, 1.54) is 0 Å². The highest BCUT2D eigenvalue weighted by atomic mass is 16.1. The molecule has 23 heavy (non-hydrogen) atoms. The summed E-state index contributed by atoms with van der Waals surface area (Å²) in [7, 11) is 0. The molecule has 0 saturated carbocycles. The predicted octanol–water partition coefficient (Wildman–Crippen LogP) is 4.72. The fraction of sp³-hybridized carbons (Fsp3) is 0.0476. The molecule has 1 aromatic heterocycles. The van der Waals surface area contributed by atoms with Crippen LogP contribution in [0.3, 0.4) is 0 Å². The van der Waals surface area contributed by atoms with Crippen LogP contribution in [0.5, 0.6) is 0 Å². The molecular formula is C21H15NO. The molecule has 1 heterocycles. The first-order valence-corrected chi connectivity index (χ1v) is 7.62. The number of benzene rings is 2. The van der Waals surface area contributed by atoms with Crippen LogP contribution in [0, 0.1) is 6.92 Å². The van der Waals surface area contributed by atoms with Crippen molar-refractivity contribution in [2.45, 2.75) is 6.92 Å². The molecule has 0 spiro atoms. The molecule has 2 nitrogen and oxygen atoms in total. The Bertz CT molecular complexity index is 1090. The van der Waals surface area contributed by atoms with E-state index in [9.17, 15) is 4.79 Å². The second kappa shape index (κ2) is 5.33. The highest BCUT2D eigenvalue weighted by molar-refractivity contribution is 5.94. The largest absolute Gasteiger partial charge is 0.289 e. The third-order valence-electron chi connectivity index (χ3n) is 4.25. The Hall–Kier alpha value is -3.00. The van der Waals surface area contributed by atoms with Crippen LogP contribution in [0.1, 0.15) is 5.56 Å². The summed E-state index contributed by atoms with van der Waals surface area (Å²) >= 11 is 0. The number of hydrogen-bond acceptors (Lipinski definition) is 2. The van der Waals surface area contributed by atoms with Gasteiger partial charge in [-0.05, 0) is 35.6 Å². The quantitative estimate of drug-likeness (QED) is 0.508. The van der Waals surface area contributed by atoms with Crippen LogP contribution in [-0.4, -0.2) is 4.98 Å². The Morgan fingerprint density at radius 1 is 0.739 bits per heavy atom. The predicted molar refractivity (Wildman–Crippen MR) is 95.7 cm³/mol. The van der Waals surface area contributed by atoms with E-state index < -0.39 is 0 Å². The maximum absolute atomic E-state index is 13.0. The fourth-order valence-electron chi connectivity index (χ4n) is 2.99. The Kier molecular flexibility index (Phi) is 3.16. The van der Waals surface area contributed by atoms with E-state index in [0.717, 1.165) is 33.0 Å². The summed E-state index contributed by atoms with van der Waals surface area (Å²) in [5.74, 6) is 0. The number of aryl methyl sites for hydroxylation is 1. The van der Waals surface area contributed by atoms with Crippen LogP contribution in [0.2, 0.25) is 0 Å². The van der Waals surface area contributed by atoms with E-state index in [0.29, 0.717) is 5.39 Å². The minimum atomic E-state index is 0.0361. The van der Waals surface area contributed by atoms with Crippen molar-refractivity contribution in [1.82, 2.24) is 4.98 Å². The molecule has 0 atom stereocenters. The van der Waals surface area contributed by atoms with E-state index >= 15 is 0 Å². The molecule has 0 fully saturated rings. The summed E-state index contributed by atoms with van der Waals surface area (Å²) in [5.41, 5.74) is 3.89. The molecule has 4 aromatic rings. The lowest BCUT2D eigenvalue weighted by atomic mass is 10.1. The second-order valence-corrected chi connectivity index (χ2v) is 5.72. The fourth-order valence-corrected chi connectivity index (χ4v) is 2.99. The standard InChI is InChI=1S/C21H15NO/c1-14-6-5-9-18-17(14)10-11-20-19(21(18)23)12-16(13-22-20)15-7-3-2-4-8-15/h2-13H,1H3. The highest BCUT2D eigenvalue weighted by Crippen LogP contribution is 2.22. The van der Waals surface area contributed by atoms with E-state index in [2.05, 4.69) is 4.98 Å². The first-order valence-electron chi connectivity index (χ1n) is 7.62. The van der Waals surface area contributed by atoms with Crippen molar-refractivity contribution in [1.29, 1.82) is 0 Å². The molecule has 0 aliphatic carbocycles. The van der Waals surface area contributed by atoms with Crippen molar-refractivity contribution in [2.75, 3.05) is 0 Å². The van der Waals surface area contributed by atoms with Gasteiger partial charge in [-0.3, -0.25) is 9.78 Å². The Morgan fingerprint density at radius 3 is 2.39 bits per heavy atom. The minimum Gasteiger partial charge on any atom is -0.289 e. The van der Waals surface area contributed by atoms with Gasteiger partial charge in [-0.25, -0.2) is 0 Å².